The van der Waals surface area contributed by atoms with Gasteiger partial charge in [-0.1, -0.05) is 52.0 Å². The summed E-state index contributed by atoms with van der Waals surface area (Å²) >= 11 is 0. The third kappa shape index (κ3) is 3.44. The van der Waals surface area contributed by atoms with Crippen molar-refractivity contribution < 1.29 is 9.53 Å². The van der Waals surface area contributed by atoms with Crippen molar-refractivity contribution in [2.75, 3.05) is 0 Å². The summed E-state index contributed by atoms with van der Waals surface area (Å²) in [5, 5.41) is 4.30. The predicted octanol–water partition coefficient (Wildman–Crippen LogP) is 5.31. The monoisotopic (exact) mass is 376 g/mol. The third-order valence-electron chi connectivity index (χ3n) is 5.93. The second kappa shape index (κ2) is 7.08. The van der Waals surface area contributed by atoms with Crippen molar-refractivity contribution in [3.05, 3.63) is 66.0 Å². The molecule has 0 radical (unpaired) electrons. The molecule has 1 fully saturated rings. The fraction of sp³-hybridized carbons (Fsp3) is 0.417. The highest BCUT2D eigenvalue weighted by Crippen LogP contribution is 2.40. The van der Waals surface area contributed by atoms with E-state index in [2.05, 4.69) is 44.1 Å². The standard InChI is InChI=1S/C24H28N2O2/c1-16(23(27)19-15-25-26-12-8-7-10-21(19)26)17-13-18(14-17)28-22-11-6-5-9-20(22)24(2,3)4/h5-12,15-18H,13-14H2,1-4H3. The lowest BCUT2D eigenvalue weighted by atomic mass is 9.72. The van der Waals surface area contributed by atoms with Crippen LogP contribution in [0.25, 0.3) is 5.52 Å². The Labute approximate surface area is 166 Å². The first kappa shape index (κ1) is 18.7. The number of ketones is 1. The number of carbonyl (C=O) groups excluding carboxylic acids is 1. The topological polar surface area (TPSA) is 43.6 Å². The van der Waals surface area contributed by atoms with Crippen LogP contribution in [0.1, 0.15) is 56.5 Å². The Kier molecular flexibility index (Phi) is 4.74. The lowest BCUT2D eigenvalue weighted by Crippen LogP contribution is -2.40. The van der Waals surface area contributed by atoms with Gasteiger partial charge in [-0.3, -0.25) is 4.79 Å². The number of benzene rings is 1. The molecular formula is C24H28N2O2. The van der Waals surface area contributed by atoms with Crippen LogP contribution in [0.5, 0.6) is 5.75 Å². The van der Waals surface area contributed by atoms with Gasteiger partial charge in [-0.25, -0.2) is 4.52 Å². The van der Waals surface area contributed by atoms with Gasteiger partial charge in [-0.05, 0) is 47.9 Å². The van der Waals surface area contributed by atoms with Gasteiger partial charge in [0.25, 0.3) is 0 Å². The normalized spacial score (nSPS) is 20.6. The largest absolute Gasteiger partial charge is 0.490 e. The van der Waals surface area contributed by atoms with Gasteiger partial charge < -0.3 is 4.74 Å². The van der Waals surface area contributed by atoms with Crippen molar-refractivity contribution >= 4 is 11.3 Å². The summed E-state index contributed by atoms with van der Waals surface area (Å²) in [6, 6.07) is 14.1. The van der Waals surface area contributed by atoms with Crippen LogP contribution in [-0.4, -0.2) is 21.5 Å². The Morgan fingerprint density at radius 2 is 1.86 bits per heavy atom. The number of nitrogens with zero attached hydrogens (tertiary/aromatic N) is 2. The molecule has 3 aromatic rings. The minimum atomic E-state index is -0.0223. The van der Waals surface area contributed by atoms with Gasteiger partial charge in [0, 0.05) is 12.1 Å². The Morgan fingerprint density at radius 1 is 1.14 bits per heavy atom. The van der Waals surface area contributed by atoms with E-state index in [1.165, 1.54) is 5.56 Å². The van der Waals surface area contributed by atoms with E-state index in [9.17, 15) is 4.79 Å². The molecule has 0 aliphatic heterocycles. The van der Waals surface area contributed by atoms with Crippen molar-refractivity contribution in [3.8, 4) is 5.75 Å². The number of Topliss-reactive ketones (excluding diaryl/α,β-unsaturated/α-hetero) is 1. The van der Waals surface area contributed by atoms with Gasteiger partial charge in [0.1, 0.15) is 5.75 Å². The fourth-order valence-electron chi connectivity index (χ4n) is 4.06. The summed E-state index contributed by atoms with van der Waals surface area (Å²) in [6.07, 6.45) is 5.60. The molecule has 2 heterocycles. The van der Waals surface area contributed by atoms with Crippen LogP contribution in [0.4, 0.5) is 0 Å². The number of carbonyl (C=O) groups is 1. The number of aromatic nitrogens is 2. The van der Waals surface area contributed by atoms with Crippen LogP contribution >= 0.6 is 0 Å². The van der Waals surface area contributed by atoms with E-state index >= 15 is 0 Å². The van der Waals surface area contributed by atoms with Crippen LogP contribution in [0.2, 0.25) is 0 Å². The maximum absolute atomic E-state index is 13.0. The molecule has 0 spiro atoms. The molecule has 0 amide bonds. The average Bonchev–Trinajstić information content (AvgIpc) is 3.07. The summed E-state index contributed by atoms with van der Waals surface area (Å²) < 4.78 is 8.06. The maximum atomic E-state index is 13.0. The number of hydrogen-bond acceptors (Lipinski definition) is 3. The molecule has 1 aliphatic rings. The van der Waals surface area contributed by atoms with E-state index in [1.807, 2.05) is 37.4 Å². The fourth-order valence-corrected chi connectivity index (χ4v) is 4.06. The van der Waals surface area contributed by atoms with Crippen LogP contribution < -0.4 is 4.74 Å². The molecule has 1 atom stereocenters. The van der Waals surface area contributed by atoms with Crippen molar-refractivity contribution in [1.82, 2.24) is 9.61 Å². The van der Waals surface area contributed by atoms with Crippen molar-refractivity contribution in [2.45, 2.75) is 52.1 Å². The highest BCUT2D eigenvalue weighted by Gasteiger charge is 2.38. The molecule has 1 aromatic carbocycles. The molecule has 28 heavy (non-hydrogen) atoms. The highest BCUT2D eigenvalue weighted by atomic mass is 16.5. The van der Waals surface area contributed by atoms with Gasteiger partial charge in [0.2, 0.25) is 0 Å². The molecule has 1 unspecified atom stereocenters. The van der Waals surface area contributed by atoms with Crippen LogP contribution in [0.3, 0.4) is 0 Å². The Morgan fingerprint density at radius 3 is 2.61 bits per heavy atom. The Hall–Kier alpha value is -2.62. The number of rotatable bonds is 5. The molecule has 146 valence electrons. The van der Waals surface area contributed by atoms with Crippen molar-refractivity contribution in [1.29, 1.82) is 0 Å². The molecule has 1 aliphatic carbocycles. The molecule has 1 saturated carbocycles. The molecule has 0 saturated heterocycles. The van der Waals surface area contributed by atoms with E-state index in [0.29, 0.717) is 5.92 Å². The Balaban J connectivity index is 1.41. The second-order valence-electron chi connectivity index (χ2n) is 8.96. The SMILES string of the molecule is CC(C(=O)c1cnn2ccccc12)C1CC(Oc2ccccc2C(C)(C)C)C1. The lowest BCUT2D eigenvalue weighted by molar-refractivity contribution is 0.0343. The average molecular weight is 377 g/mol. The molecule has 4 rings (SSSR count). The third-order valence-corrected chi connectivity index (χ3v) is 5.93. The summed E-state index contributed by atoms with van der Waals surface area (Å²) in [5.74, 6) is 1.49. The minimum Gasteiger partial charge on any atom is -0.490 e. The number of hydrogen-bond donors (Lipinski definition) is 0. The molecule has 0 bridgehead atoms. The minimum absolute atomic E-state index is 0.0223. The molecular weight excluding hydrogens is 348 g/mol. The van der Waals surface area contributed by atoms with Gasteiger partial charge in [-0.15, -0.1) is 0 Å². The first-order chi connectivity index (χ1) is 13.3. The van der Waals surface area contributed by atoms with E-state index in [1.54, 1.807) is 10.7 Å². The summed E-state index contributed by atoms with van der Waals surface area (Å²) in [5.41, 5.74) is 2.88. The number of ether oxygens (including phenoxy) is 1. The van der Waals surface area contributed by atoms with Crippen LogP contribution in [0, 0.1) is 11.8 Å². The van der Waals surface area contributed by atoms with E-state index in [-0.39, 0.29) is 23.2 Å². The highest BCUT2D eigenvalue weighted by molar-refractivity contribution is 6.03. The smallest absolute Gasteiger partial charge is 0.169 e. The maximum Gasteiger partial charge on any atom is 0.169 e. The zero-order valence-corrected chi connectivity index (χ0v) is 17.1. The first-order valence-electron chi connectivity index (χ1n) is 10.1. The van der Waals surface area contributed by atoms with Gasteiger partial charge >= 0.3 is 0 Å². The lowest BCUT2D eigenvalue weighted by Gasteiger charge is -2.39. The molecule has 4 heteroatoms. The predicted molar refractivity (Wildman–Crippen MR) is 111 cm³/mol. The summed E-state index contributed by atoms with van der Waals surface area (Å²) in [4.78, 5) is 13.0. The van der Waals surface area contributed by atoms with Crippen LogP contribution in [-0.2, 0) is 5.41 Å². The summed E-state index contributed by atoms with van der Waals surface area (Å²) in [7, 11) is 0. The van der Waals surface area contributed by atoms with Gasteiger partial charge in [-0.2, -0.15) is 5.10 Å². The zero-order valence-electron chi connectivity index (χ0n) is 17.1. The van der Waals surface area contributed by atoms with Crippen molar-refractivity contribution in [2.24, 2.45) is 11.8 Å². The van der Waals surface area contributed by atoms with Crippen LogP contribution in [0.15, 0.2) is 54.9 Å². The van der Waals surface area contributed by atoms with Gasteiger partial charge in [0.05, 0.1) is 23.4 Å². The van der Waals surface area contributed by atoms with E-state index in [0.717, 1.165) is 29.7 Å². The molecule has 2 aromatic heterocycles. The van der Waals surface area contributed by atoms with Gasteiger partial charge in [0.15, 0.2) is 5.78 Å². The quantitative estimate of drug-likeness (QED) is 0.567. The number of fused-ring (bicyclic) bond motifs is 1. The second-order valence-corrected chi connectivity index (χ2v) is 8.96. The molecule has 4 nitrogen and oxygen atoms in total. The zero-order chi connectivity index (χ0) is 19.9. The Bertz CT molecular complexity index is 993. The number of para-hydroxylation sites is 1. The van der Waals surface area contributed by atoms with E-state index in [4.69, 9.17) is 4.74 Å². The molecule has 0 N–H and O–H groups in total. The van der Waals surface area contributed by atoms with Crippen molar-refractivity contribution in [3.63, 3.8) is 0 Å². The first-order valence-corrected chi connectivity index (χ1v) is 10.1. The van der Waals surface area contributed by atoms with E-state index < -0.39 is 0 Å². The number of pyridine rings is 1. The summed E-state index contributed by atoms with van der Waals surface area (Å²) in [6.45, 7) is 8.65.